The van der Waals surface area contributed by atoms with Gasteiger partial charge < -0.3 is 9.64 Å². The van der Waals surface area contributed by atoms with Crippen LogP contribution in [-0.4, -0.2) is 18.3 Å². The van der Waals surface area contributed by atoms with Crippen molar-refractivity contribution in [1.29, 1.82) is 0 Å². The molecule has 0 aromatic heterocycles. The van der Waals surface area contributed by atoms with E-state index >= 15 is 0 Å². The lowest BCUT2D eigenvalue weighted by Crippen LogP contribution is -2.24. The van der Waals surface area contributed by atoms with Crippen LogP contribution in [0.5, 0.6) is 11.5 Å². The van der Waals surface area contributed by atoms with Crippen molar-refractivity contribution in [2.75, 3.05) is 17.3 Å². The molecule has 3 nitrogen and oxygen atoms in total. The predicted molar refractivity (Wildman–Crippen MR) is 91.8 cm³/mol. The Morgan fingerprint density at radius 1 is 1.09 bits per heavy atom. The fourth-order valence-corrected chi connectivity index (χ4v) is 2.94. The second-order valence-corrected chi connectivity index (χ2v) is 6.50. The standard InChI is InChI=1S/C17H15BrClNO2/c18-13-1-5-15(6-2-13)22-16-7-3-14(4-8-16)20-11-12(10-19)9-17(20)21/h1-8,12H,9-11H2. The van der Waals surface area contributed by atoms with Crippen molar-refractivity contribution in [2.45, 2.75) is 6.42 Å². The molecule has 0 bridgehead atoms. The summed E-state index contributed by atoms with van der Waals surface area (Å²) in [5.74, 6) is 2.41. The van der Waals surface area contributed by atoms with Gasteiger partial charge in [-0.3, -0.25) is 4.79 Å². The first-order chi connectivity index (χ1) is 10.7. The molecule has 3 rings (SSSR count). The summed E-state index contributed by atoms with van der Waals surface area (Å²) in [6.45, 7) is 0.690. The van der Waals surface area contributed by atoms with E-state index < -0.39 is 0 Å². The molecule has 2 aromatic rings. The molecule has 0 saturated carbocycles. The summed E-state index contributed by atoms with van der Waals surface area (Å²) in [6, 6.07) is 15.2. The van der Waals surface area contributed by atoms with Gasteiger partial charge in [0.05, 0.1) is 0 Å². The monoisotopic (exact) mass is 379 g/mol. The fraction of sp³-hybridized carbons (Fsp3) is 0.235. The molecule has 1 unspecified atom stereocenters. The van der Waals surface area contributed by atoms with Crippen LogP contribution in [0.3, 0.4) is 0 Å². The van der Waals surface area contributed by atoms with Gasteiger partial charge in [-0.15, -0.1) is 11.6 Å². The Kier molecular flexibility index (Phi) is 4.69. The van der Waals surface area contributed by atoms with Crippen LogP contribution in [0.2, 0.25) is 0 Å². The number of amides is 1. The largest absolute Gasteiger partial charge is 0.457 e. The van der Waals surface area contributed by atoms with Crippen LogP contribution in [0.4, 0.5) is 5.69 Å². The number of alkyl halides is 1. The van der Waals surface area contributed by atoms with E-state index in [4.69, 9.17) is 16.3 Å². The van der Waals surface area contributed by atoms with Gasteiger partial charge in [0.25, 0.3) is 0 Å². The van der Waals surface area contributed by atoms with Crippen molar-refractivity contribution in [3.63, 3.8) is 0 Å². The summed E-state index contributed by atoms with van der Waals surface area (Å²) in [6.07, 6.45) is 0.528. The van der Waals surface area contributed by atoms with E-state index in [1.54, 1.807) is 4.90 Å². The van der Waals surface area contributed by atoms with Crippen molar-refractivity contribution >= 4 is 39.1 Å². The van der Waals surface area contributed by atoms with Gasteiger partial charge in [-0.1, -0.05) is 15.9 Å². The Balaban J connectivity index is 1.70. The first-order valence-corrected chi connectivity index (χ1v) is 8.38. The minimum atomic E-state index is 0.132. The van der Waals surface area contributed by atoms with Gasteiger partial charge in [-0.25, -0.2) is 0 Å². The first-order valence-electron chi connectivity index (χ1n) is 7.05. The Morgan fingerprint density at radius 2 is 1.68 bits per heavy atom. The van der Waals surface area contributed by atoms with Crippen molar-refractivity contribution in [1.82, 2.24) is 0 Å². The zero-order chi connectivity index (χ0) is 15.5. The summed E-state index contributed by atoms with van der Waals surface area (Å²) in [4.78, 5) is 13.8. The highest BCUT2D eigenvalue weighted by atomic mass is 79.9. The quantitative estimate of drug-likeness (QED) is 0.711. The molecule has 1 saturated heterocycles. The average Bonchev–Trinajstić information content (AvgIpc) is 2.91. The fourth-order valence-electron chi connectivity index (χ4n) is 2.47. The summed E-state index contributed by atoms with van der Waals surface area (Å²) < 4.78 is 6.79. The molecule has 0 aliphatic carbocycles. The topological polar surface area (TPSA) is 29.5 Å². The number of rotatable bonds is 4. The average molecular weight is 381 g/mol. The molecule has 1 amide bonds. The van der Waals surface area contributed by atoms with Crippen LogP contribution in [0.1, 0.15) is 6.42 Å². The van der Waals surface area contributed by atoms with Crippen LogP contribution in [0, 0.1) is 5.92 Å². The van der Waals surface area contributed by atoms with Gasteiger partial charge >= 0.3 is 0 Å². The molecule has 0 spiro atoms. The lowest BCUT2D eigenvalue weighted by atomic mass is 10.1. The van der Waals surface area contributed by atoms with Gasteiger partial charge in [0.1, 0.15) is 11.5 Å². The smallest absolute Gasteiger partial charge is 0.227 e. The van der Waals surface area contributed by atoms with E-state index in [0.717, 1.165) is 21.7 Å². The maximum atomic E-state index is 12.0. The van der Waals surface area contributed by atoms with Crippen molar-refractivity contribution in [2.24, 2.45) is 5.92 Å². The molecule has 1 heterocycles. The van der Waals surface area contributed by atoms with E-state index in [2.05, 4.69) is 15.9 Å². The predicted octanol–water partition coefficient (Wildman–Crippen LogP) is 4.83. The number of carbonyl (C=O) groups is 1. The lowest BCUT2D eigenvalue weighted by molar-refractivity contribution is -0.117. The molecular weight excluding hydrogens is 366 g/mol. The summed E-state index contributed by atoms with van der Waals surface area (Å²) >= 11 is 9.24. The number of hydrogen-bond acceptors (Lipinski definition) is 2. The second kappa shape index (κ2) is 6.71. The van der Waals surface area contributed by atoms with Crippen molar-refractivity contribution in [3.05, 3.63) is 53.0 Å². The van der Waals surface area contributed by atoms with Crippen LogP contribution < -0.4 is 9.64 Å². The highest BCUT2D eigenvalue weighted by Gasteiger charge is 2.29. The van der Waals surface area contributed by atoms with Crippen LogP contribution in [-0.2, 0) is 4.79 Å². The number of hydrogen-bond donors (Lipinski definition) is 0. The molecule has 2 aromatic carbocycles. The van der Waals surface area contributed by atoms with E-state index in [-0.39, 0.29) is 11.8 Å². The Bertz CT molecular complexity index is 657. The maximum Gasteiger partial charge on any atom is 0.227 e. The van der Waals surface area contributed by atoms with Crippen LogP contribution in [0.25, 0.3) is 0 Å². The molecular formula is C17H15BrClNO2. The molecule has 1 aliphatic rings. The van der Waals surface area contributed by atoms with Gasteiger partial charge in [-0.2, -0.15) is 0 Å². The molecule has 114 valence electrons. The third kappa shape index (κ3) is 3.45. The summed E-state index contributed by atoms with van der Waals surface area (Å²) in [5, 5.41) is 0. The summed E-state index contributed by atoms with van der Waals surface area (Å²) in [5.41, 5.74) is 0.890. The van der Waals surface area contributed by atoms with Gasteiger partial charge in [0.15, 0.2) is 0 Å². The Labute approximate surface area is 143 Å². The maximum absolute atomic E-state index is 12.0. The number of anilines is 1. The van der Waals surface area contributed by atoms with Gasteiger partial charge in [0, 0.05) is 29.0 Å². The van der Waals surface area contributed by atoms with E-state index in [0.29, 0.717) is 18.8 Å². The van der Waals surface area contributed by atoms with Crippen LogP contribution >= 0.6 is 27.5 Å². The number of carbonyl (C=O) groups excluding carboxylic acids is 1. The normalized spacial score (nSPS) is 17.8. The second-order valence-electron chi connectivity index (χ2n) is 5.28. The first kappa shape index (κ1) is 15.4. The van der Waals surface area contributed by atoms with Crippen LogP contribution in [0.15, 0.2) is 53.0 Å². The lowest BCUT2D eigenvalue weighted by Gasteiger charge is -2.17. The highest BCUT2D eigenvalue weighted by Crippen LogP contribution is 2.29. The SMILES string of the molecule is O=C1CC(CCl)CN1c1ccc(Oc2ccc(Br)cc2)cc1. The highest BCUT2D eigenvalue weighted by molar-refractivity contribution is 9.10. The zero-order valence-electron chi connectivity index (χ0n) is 11.8. The number of nitrogens with zero attached hydrogens (tertiary/aromatic N) is 1. The molecule has 0 N–H and O–H groups in total. The van der Waals surface area contributed by atoms with Gasteiger partial charge in [-0.05, 0) is 54.4 Å². The van der Waals surface area contributed by atoms with Crippen molar-refractivity contribution < 1.29 is 9.53 Å². The molecule has 22 heavy (non-hydrogen) atoms. The molecule has 0 radical (unpaired) electrons. The Morgan fingerprint density at radius 3 is 2.23 bits per heavy atom. The van der Waals surface area contributed by atoms with E-state index in [9.17, 15) is 4.79 Å². The minimum Gasteiger partial charge on any atom is -0.457 e. The molecule has 1 fully saturated rings. The third-order valence-electron chi connectivity index (χ3n) is 3.62. The minimum absolute atomic E-state index is 0.132. The number of halogens is 2. The molecule has 1 aliphatic heterocycles. The van der Waals surface area contributed by atoms with E-state index in [1.165, 1.54) is 0 Å². The molecule has 1 atom stereocenters. The van der Waals surface area contributed by atoms with Gasteiger partial charge in [0.2, 0.25) is 5.91 Å². The zero-order valence-corrected chi connectivity index (χ0v) is 14.2. The number of ether oxygens (including phenoxy) is 1. The van der Waals surface area contributed by atoms with E-state index in [1.807, 2.05) is 48.5 Å². The Hall–Kier alpha value is -1.52. The number of benzene rings is 2. The summed E-state index contributed by atoms with van der Waals surface area (Å²) in [7, 11) is 0. The van der Waals surface area contributed by atoms with Crippen molar-refractivity contribution in [3.8, 4) is 11.5 Å². The molecule has 5 heteroatoms. The third-order valence-corrected chi connectivity index (χ3v) is 4.59.